The van der Waals surface area contributed by atoms with Crippen molar-refractivity contribution in [3.63, 3.8) is 0 Å². The fraction of sp³-hybridized carbons (Fsp3) is 0.294. The van der Waals surface area contributed by atoms with Gasteiger partial charge in [0.25, 0.3) is 0 Å². The molecular weight excluding hydrogens is 266 g/mol. The second kappa shape index (κ2) is 5.56. The highest BCUT2D eigenvalue weighted by atomic mass is 16.5. The van der Waals surface area contributed by atoms with Crippen molar-refractivity contribution < 1.29 is 14.3 Å². The van der Waals surface area contributed by atoms with E-state index in [1.165, 1.54) is 23.4 Å². The maximum Gasteiger partial charge on any atom is 0.325 e. The molecule has 1 amide bonds. The average molecular weight is 283 g/mol. The smallest absolute Gasteiger partial charge is 0.325 e. The van der Waals surface area contributed by atoms with Gasteiger partial charge in [0, 0.05) is 5.92 Å². The van der Waals surface area contributed by atoms with Gasteiger partial charge in [-0.3, -0.25) is 9.59 Å². The minimum absolute atomic E-state index is 0.0412. The van der Waals surface area contributed by atoms with Gasteiger partial charge < -0.3 is 10.1 Å². The zero-order valence-electron chi connectivity index (χ0n) is 11.8. The molecule has 2 aromatic carbocycles. The summed E-state index contributed by atoms with van der Waals surface area (Å²) in [6, 6.07) is 14.4. The van der Waals surface area contributed by atoms with Crippen LogP contribution >= 0.6 is 0 Å². The first-order valence-corrected chi connectivity index (χ1v) is 7.03. The van der Waals surface area contributed by atoms with Crippen LogP contribution in [0.3, 0.4) is 0 Å². The second-order valence-electron chi connectivity index (χ2n) is 5.31. The summed E-state index contributed by atoms with van der Waals surface area (Å²) in [5.41, 5.74) is 1.21. The zero-order chi connectivity index (χ0) is 14.8. The molecule has 0 bridgehead atoms. The number of hydrogen-bond donors (Lipinski definition) is 1. The second-order valence-corrected chi connectivity index (χ2v) is 5.31. The van der Waals surface area contributed by atoms with E-state index in [0.29, 0.717) is 0 Å². The van der Waals surface area contributed by atoms with E-state index in [9.17, 15) is 9.59 Å². The highest BCUT2D eigenvalue weighted by Crippen LogP contribution is 2.49. The van der Waals surface area contributed by atoms with E-state index in [2.05, 4.69) is 34.3 Å². The molecule has 0 aromatic heterocycles. The monoisotopic (exact) mass is 283 g/mol. The topological polar surface area (TPSA) is 55.4 Å². The predicted octanol–water partition coefficient (Wildman–Crippen LogP) is 2.23. The number of carbonyl (C=O) groups is 2. The molecule has 3 rings (SSSR count). The summed E-state index contributed by atoms with van der Waals surface area (Å²) in [6.45, 7) is -0.0614. The maximum atomic E-state index is 12.0. The lowest BCUT2D eigenvalue weighted by molar-refractivity contribution is -0.141. The summed E-state index contributed by atoms with van der Waals surface area (Å²) in [7, 11) is 1.31. The lowest BCUT2D eigenvalue weighted by Crippen LogP contribution is -2.31. The predicted molar refractivity (Wildman–Crippen MR) is 79.8 cm³/mol. The van der Waals surface area contributed by atoms with Crippen LogP contribution in [0.1, 0.15) is 17.9 Å². The zero-order valence-corrected chi connectivity index (χ0v) is 11.8. The molecule has 0 heterocycles. The molecule has 4 nitrogen and oxygen atoms in total. The standard InChI is InChI=1S/C17H17NO3/c1-21-16(19)10-18-17(20)15-9-14(15)13-8-4-6-11-5-2-3-7-12(11)13/h2-8,14-15H,9-10H2,1H3,(H,18,20)/t14-,15-/m1/s1. The Morgan fingerprint density at radius 3 is 2.76 bits per heavy atom. The fourth-order valence-corrected chi connectivity index (χ4v) is 2.76. The minimum Gasteiger partial charge on any atom is -0.468 e. The summed E-state index contributed by atoms with van der Waals surface area (Å²) in [5.74, 6) is -0.293. The van der Waals surface area contributed by atoms with Gasteiger partial charge in [-0.15, -0.1) is 0 Å². The first kappa shape index (κ1) is 13.6. The molecular formula is C17H17NO3. The Hall–Kier alpha value is -2.36. The van der Waals surface area contributed by atoms with E-state index < -0.39 is 5.97 Å². The molecule has 1 aliphatic carbocycles. The Labute approximate surface area is 123 Å². The Bertz CT molecular complexity index is 690. The van der Waals surface area contributed by atoms with Crippen LogP contribution in [0, 0.1) is 5.92 Å². The summed E-state index contributed by atoms with van der Waals surface area (Å²) in [5, 5.41) is 5.02. The van der Waals surface area contributed by atoms with Crippen molar-refractivity contribution in [2.45, 2.75) is 12.3 Å². The number of fused-ring (bicyclic) bond motifs is 1. The van der Waals surface area contributed by atoms with Gasteiger partial charge in [0.05, 0.1) is 7.11 Å². The van der Waals surface area contributed by atoms with E-state index in [4.69, 9.17) is 0 Å². The van der Waals surface area contributed by atoms with Gasteiger partial charge in [0.2, 0.25) is 5.91 Å². The third-order valence-corrected chi connectivity index (χ3v) is 3.98. The molecule has 1 N–H and O–H groups in total. The Kier molecular flexibility index (Phi) is 3.60. The molecule has 21 heavy (non-hydrogen) atoms. The number of hydrogen-bond acceptors (Lipinski definition) is 3. The van der Waals surface area contributed by atoms with Crippen molar-refractivity contribution in [2.75, 3.05) is 13.7 Å². The van der Waals surface area contributed by atoms with Gasteiger partial charge in [0.15, 0.2) is 0 Å². The van der Waals surface area contributed by atoms with Crippen LogP contribution in [0.4, 0.5) is 0 Å². The van der Waals surface area contributed by atoms with E-state index in [1.54, 1.807) is 0 Å². The Balaban J connectivity index is 1.72. The Morgan fingerprint density at radius 1 is 1.19 bits per heavy atom. The van der Waals surface area contributed by atoms with Gasteiger partial charge in [-0.2, -0.15) is 0 Å². The molecule has 0 spiro atoms. The van der Waals surface area contributed by atoms with Crippen molar-refractivity contribution in [3.05, 3.63) is 48.0 Å². The van der Waals surface area contributed by atoms with Crippen LogP contribution in [-0.4, -0.2) is 25.5 Å². The van der Waals surface area contributed by atoms with Crippen molar-refractivity contribution in [3.8, 4) is 0 Å². The molecule has 4 heteroatoms. The number of esters is 1. The van der Waals surface area contributed by atoms with Crippen LogP contribution in [-0.2, 0) is 14.3 Å². The van der Waals surface area contributed by atoms with Crippen molar-refractivity contribution in [2.24, 2.45) is 5.92 Å². The number of rotatable bonds is 4. The number of carbonyl (C=O) groups excluding carboxylic acids is 2. The molecule has 1 aliphatic rings. The Morgan fingerprint density at radius 2 is 1.95 bits per heavy atom. The van der Waals surface area contributed by atoms with Crippen LogP contribution in [0.5, 0.6) is 0 Å². The summed E-state index contributed by atoms with van der Waals surface area (Å²) in [6.07, 6.45) is 0.834. The van der Waals surface area contributed by atoms with Crippen molar-refractivity contribution in [1.82, 2.24) is 5.32 Å². The van der Waals surface area contributed by atoms with E-state index in [0.717, 1.165) is 6.42 Å². The molecule has 0 aliphatic heterocycles. The third-order valence-electron chi connectivity index (χ3n) is 3.98. The van der Waals surface area contributed by atoms with Crippen LogP contribution in [0.15, 0.2) is 42.5 Å². The van der Waals surface area contributed by atoms with E-state index in [1.807, 2.05) is 18.2 Å². The van der Waals surface area contributed by atoms with Crippen molar-refractivity contribution in [1.29, 1.82) is 0 Å². The summed E-state index contributed by atoms with van der Waals surface area (Å²) < 4.78 is 4.52. The van der Waals surface area contributed by atoms with Gasteiger partial charge >= 0.3 is 5.97 Å². The van der Waals surface area contributed by atoms with E-state index >= 15 is 0 Å². The molecule has 0 radical (unpaired) electrons. The fourth-order valence-electron chi connectivity index (χ4n) is 2.76. The average Bonchev–Trinajstić information content (AvgIpc) is 3.32. The molecule has 0 saturated heterocycles. The summed E-state index contributed by atoms with van der Waals surface area (Å²) in [4.78, 5) is 23.1. The van der Waals surface area contributed by atoms with E-state index in [-0.39, 0.29) is 24.3 Å². The third kappa shape index (κ3) is 2.75. The highest BCUT2D eigenvalue weighted by Gasteiger charge is 2.44. The van der Waals surface area contributed by atoms with Crippen LogP contribution < -0.4 is 5.32 Å². The van der Waals surface area contributed by atoms with Crippen LogP contribution in [0.2, 0.25) is 0 Å². The largest absolute Gasteiger partial charge is 0.468 e. The van der Waals surface area contributed by atoms with Gasteiger partial charge in [0.1, 0.15) is 6.54 Å². The number of nitrogens with one attached hydrogen (secondary N) is 1. The lowest BCUT2D eigenvalue weighted by atomic mass is 10.00. The number of amides is 1. The molecule has 2 aromatic rings. The molecule has 1 saturated carbocycles. The first-order chi connectivity index (χ1) is 10.2. The molecule has 2 atom stereocenters. The highest BCUT2D eigenvalue weighted by molar-refractivity contribution is 5.90. The minimum atomic E-state index is -0.425. The lowest BCUT2D eigenvalue weighted by Gasteiger charge is -2.06. The summed E-state index contributed by atoms with van der Waals surface area (Å²) >= 11 is 0. The van der Waals surface area contributed by atoms with Gasteiger partial charge in [-0.1, -0.05) is 42.5 Å². The molecule has 108 valence electrons. The van der Waals surface area contributed by atoms with Crippen molar-refractivity contribution >= 4 is 22.6 Å². The van der Waals surface area contributed by atoms with Gasteiger partial charge in [-0.05, 0) is 28.7 Å². The number of methoxy groups -OCH3 is 1. The quantitative estimate of drug-likeness (QED) is 0.875. The SMILES string of the molecule is COC(=O)CNC(=O)[C@@H]1C[C@@H]1c1cccc2ccccc12. The number of benzene rings is 2. The van der Waals surface area contributed by atoms with Gasteiger partial charge in [-0.25, -0.2) is 0 Å². The molecule has 1 fully saturated rings. The normalized spacial score (nSPS) is 20.0. The van der Waals surface area contributed by atoms with Crippen LogP contribution in [0.25, 0.3) is 10.8 Å². The number of ether oxygens (including phenoxy) is 1. The maximum absolute atomic E-state index is 12.0. The first-order valence-electron chi connectivity index (χ1n) is 7.03. The molecule has 0 unspecified atom stereocenters.